The van der Waals surface area contributed by atoms with E-state index in [1.807, 2.05) is 0 Å². The van der Waals surface area contributed by atoms with Crippen molar-refractivity contribution in [3.63, 3.8) is 0 Å². The molecule has 0 aliphatic carbocycles. The van der Waals surface area contributed by atoms with Gasteiger partial charge in [-0.05, 0) is 0 Å². The van der Waals surface area contributed by atoms with Gasteiger partial charge in [-0.2, -0.15) is 0 Å². The largest absolute Gasteiger partial charge is 0.870 e. The van der Waals surface area contributed by atoms with Gasteiger partial charge < -0.3 is 19.5 Å². The lowest BCUT2D eigenvalue weighted by Crippen LogP contribution is -2.27. The molecule has 0 aromatic rings. The monoisotopic (exact) mass is 210 g/mol. The number of hydrogen-bond acceptors (Lipinski definition) is 2. The normalized spacial score (nSPS) is 9.86. The molecule has 92 valence electrons. The van der Waals surface area contributed by atoms with Crippen molar-refractivity contribution < 1.29 is 19.5 Å². The van der Waals surface area contributed by atoms with E-state index in [2.05, 4.69) is 56.4 Å². The molecule has 4 heteroatoms. The van der Waals surface area contributed by atoms with E-state index in [0.29, 0.717) is 0 Å². The number of rotatable bonds is 0. The van der Waals surface area contributed by atoms with Crippen molar-refractivity contribution in [1.82, 2.24) is 0 Å². The Morgan fingerprint density at radius 1 is 0.714 bits per heavy atom. The zero-order valence-corrected chi connectivity index (χ0v) is 11.5. The van der Waals surface area contributed by atoms with Crippen molar-refractivity contribution in [1.29, 1.82) is 0 Å². The third-order valence-corrected chi connectivity index (χ3v) is 0. The molecule has 0 radical (unpaired) electrons. The summed E-state index contributed by atoms with van der Waals surface area (Å²) >= 11 is 0. The fourth-order valence-corrected chi connectivity index (χ4v) is 0. The van der Waals surface area contributed by atoms with Gasteiger partial charge in [-0.3, -0.25) is 0 Å². The van der Waals surface area contributed by atoms with Crippen molar-refractivity contribution in [3.8, 4) is 0 Å². The van der Waals surface area contributed by atoms with Crippen molar-refractivity contribution in [2.45, 2.75) is 6.92 Å². The maximum absolute atomic E-state index is 8.93. The molecule has 0 aliphatic heterocycles. The molecule has 0 unspecified atom stereocenters. The maximum atomic E-state index is 8.93. The average molecular weight is 210 g/mol. The SMILES string of the molecule is CC[O-].C[N+](C)(C)C.C[N+](C)(C)C.[OH-]. The van der Waals surface area contributed by atoms with Crippen LogP contribution in [0.4, 0.5) is 0 Å². The molecule has 0 fully saturated rings. The molecular weight excluding hydrogens is 180 g/mol. The standard InChI is InChI=1S/2C4H12N.C2H5O.H2O/c2*1-5(2,3)4;1-2-3;/h2*1-4H3;2H2,1H3;1H2/q2*+1;-1;/p-1. The van der Waals surface area contributed by atoms with Gasteiger partial charge in [0.2, 0.25) is 0 Å². The Balaban J connectivity index is -0.0000000535. The van der Waals surface area contributed by atoms with Crippen LogP contribution in [-0.4, -0.2) is 77.4 Å². The molecule has 0 atom stereocenters. The second-order valence-electron chi connectivity index (χ2n) is 5.66. The van der Waals surface area contributed by atoms with Crippen LogP contribution in [0.3, 0.4) is 0 Å². The van der Waals surface area contributed by atoms with Gasteiger partial charge in [0.05, 0.1) is 56.4 Å². The van der Waals surface area contributed by atoms with Crippen LogP contribution in [0.5, 0.6) is 0 Å². The van der Waals surface area contributed by atoms with Crippen LogP contribution < -0.4 is 5.11 Å². The summed E-state index contributed by atoms with van der Waals surface area (Å²) in [6, 6.07) is 0. The third-order valence-electron chi connectivity index (χ3n) is 0. The first kappa shape index (κ1) is 23.6. The van der Waals surface area contributed by atoms with E-state index >= 15 is 0 Å². The van der Waals surface area contributed by atoms with E-state index in [4.69, 9.17) is 5.11 Å². The lowest BCUT2D eigenvalue weighted by atomic mass is 10.8. The number of quaternary nitrogens is 2. The summed E-state index contributed by atoms with van der Waals surface area (Å²) in [4.78, 5) is 0. The first-order valence-corrected chi connectivity index (χ1v) is 4.57. The Morgan fingerprint density at radius 2 is 0.714 bits per heavy atom. The van der Waals surface area contributed by atoms with Gasteiger partial charge in [0.15, 0.2) is 0 Å². The molecule has 14 heavy (non-hydrogen) atoms. The molecule has 0 aliphatic rings. The Labute approximate surface area is 90.2 Å². The van der Waals surface area contributed by atoms with Crippen LogP contribution in [-0.2, 0) is 0 Å². The minimum Gasteiger partial charge on any atom is -0.870 e. The van der Waals surface area contributed by atoms with Gasteiger partial charge >= 0.3 is 0 Å². The molecule has 4 nitrogen and oxygen atoms in total. The molecule has 0 saturated heterocycles. The highest BCUT2D eigenvalue weighted by Gasteiger charge is 1.88. The van der Waals surface area contributed by atoms with Crippen molar-refractivity contribution >= 4 is 0 Å². The highest BCUT2D eigenvalue weighted by molar-refractivity contribution is 3.87. The topological polar surface area (TPSA) is 53.1 Å². The van der Waals surface area contributed by atoms with E-state index in [0.717, 1.165) is 8.97 Å². The van der Waals surface area contributed by atoms with Gasteiger partial charge in [0.1, 0.15) is 0 Å². The molecule has 0 saturated carbocycles. The molecule has 0 spiro atoms. The molecule has 0 amide bonds. The summed E-state index contributed by atoms with van der Waals surface area (Å²) in [5, 5.41) is 8.93. The average Bonchev–Trinajstić information content (AvgIpc) is 1.52. The highest BCUT2D eigenvalue weighted by Crippen LogP contribution is 1.74. The first-order chi connectivity index (χ1) is 5.41. The van der Waals surface area contributed by atoms with Crippen LogP contribution in [0.25, 0.3) is 0 Å². The molecule has 0 rings (SSSR count). The zero-order valence-electron chi connectivity index (χ0n) is 11.5. The minimum absolute atomic E-state index is 0. The predicted octanol–water partition coefficient (Wildman–Crippen LogP) is -0.165. The van der Waals surface area contributed by atoms with Gasteiger partial charge in [0, 0.05) is 0 Å². The minimum atomic E-state index is 0. The molecule has 0 heterocycles. The number of hydrogen-bond donors (Lipinski definition) is 0. The molecule has 1 N–H and O–H groups in total. The summed E-state index contributed by atoms with van der Waals surface area (Å²) in [7, 11) is 17.0. The Morgan fingerprint density at radius 3 is 0.714 bits per heavy atom. The first-order valence-electron chi connectivity index (χ1n) is 4.57. The summed E-state index contributed by atoms with van der Waals surface area (Å²) < 4.78 is 2.00. The van der Waals surface area contributed by atoms with Crippen LogP contribution in [0, 0.1) is 0 Å². The van der Waals surface area contributed by atoms with Gasteiger partial charge in [0.25, 0.3) is 0 Å². The Hall–Kier alpha value is -0.160. The van der Waals surface area contributed by atoms with E-state index in [1.165, 1.54) is 0 Å². The summed E-state index contributed by atoms with van der Waals surface area (Å²) in [5.41, 5.74) is 0. The molecule has 0 aromatic carbocycles. The van der Waals surface area contributed by atoms with Crippen molar-refractivity contribution in [2.75, 3.05) is 63.0 Å². The van der Waals surface area contributed by atoms with Gasteiger partial charge in [-0.1, -0.05) is 6.92 Å². The van der Waals surface area contributed by atoms with Crippen molar-refractivity contribution in [2.24, 2.45) is 0 Å². The Kier molecular flexibility index (Phi) is 18.4. The van der Waals surface area contributed by atoms with E-state index in [9.17, 15) is 0 Å². The Bertz CT molecular complexity index is 69.3. The lowest BCUT2D eigenvalue weighted by molar-refractivity contribution is -0.849. The third kappa shape index (κ3) is 54300. The fraction of sp³-hybridized carbons (Fsp3) is 1.00. The zero-order chi connectivity index (χ0) is 11.7. The second kappa shape index (κ2) is 10.9. The highest BCUT2D eigenvalue weighted by atomic mass is 16.2. The summed E-state index contributed by atoms with van der Waals surface area (Å²) in [6.07, 6.45) is 0. The van der Waals surface area contributed by atoms with E-state index in [1.54, 1.807) is 6.92 Å². The second-order valence-corrected chi connectivity index (χ2v) is 5.66. The molecule has 0 bridgehead atoms. The predicted molar refractivity (Wildman–Crippen MR) is 60.4 cm³/mol. The maximum Gasteiger partial charge on any atom is 0.0675 e. The van der Waals surface area contributed by atoms with Crippen LogP contribution in [0.2, 0.25) is 0 Å². The quantitative estimate of drug-likeness (QED) is 0.521. The van der Waals surface area contributed by atoms with E-state index in [-0.39, 0.29) is 12.1 Å². The van der Waals surface area contributed by atoms with Gasteiger partial charge in [-0.25, -0.2) is 0 Å². The van der Waals surface area contributed by atoms with Crippen LogP contribution >= 0.6 is 0 Å². The molecule has 0 aromatic heterocycles. The smallest absolute Gasteiger partial charge is 0.0675 e. The molecular formula is C10H30N2O2. The van der Waals surface area contributed by atoms with Crippen LogP contribution in [0.1, 0.15) is 6.92 Å². The number of nitrogens with zero attached hydrogens (tertiary/aromatic N) is 2. The summed E-state index contributed by atoms with van der Waals surface area (Å²) in [5.74, 6) is 0. The van der Waals surface area contributed by atoms with Crippen molar-refractivity contribution in [3.05, 3.63) is 0 Å². The van der Waals surface area contributed by atoms with E-state index < -0.39 is 0 Å². The van der Waals surface area contributed by atoms with Crippen LogP contribution in [0.15, 0.2) is 0 Å². The summed E-state index contributed by atoms with van der Waals surface area (Å²) in [6.45, 7) is 1.57. The lowest BCUT2D eigenvalue weighted by Gasteiger charge is -2.14. The van der Waals surface area contributed by atoms with Gasteiger partial charge in [-0.15, -0.1) is 6.61 Å². The fourth-order valence-electron chi connectivity index (χ4n) is 0.